The van der Waals surface area contributed by atoms with Crippen LogP contribution in [0.2, 0.25) is 0 Å². The van der Waals surface area contributed by atoms with E-state index in [1.165, 1.54) is 0 Å². The van der Waals surface area contributed by atoms with E-state index in [9.17, 15) is 9.59 Å². The third-order valence-electron chi connectivity index (χ3n) is 3.93. The largest absolute Gasteiger partial charge is 0.437 e. The summed E-state index contributed by atoms with van der Waals surface area (Å²) in [6.07, 6.45) is -1.07. The fourth-order valence-corrected chi connectivity index (χ4v) is 2.89. The van der Waals surface area contributed by atoms with Gasteiger partial charge in [0, 0.05) is 0 Å². The topological polar surface area (TPSA) is 67.9 Å². The Morgan fingerprint density at radius 1 is 1.30 bits per heavy atom. The van der Waals surface area contributed by atoms with Gasteiger partial charge in [0.1, 0.15) is 0 Å². The number of ether oxygens (including phenoxy) is 2. The number of benzene rings is 1. The second-order valence-electron chi connectivity index (χ2n) is 7.14. The van der Waals surface area contributed by atoms with Gasteiger partial charge in [-0.3, -0.25) is 4.79 Å². The molecule has 0 aromatic heterocycles. The lowest BCUT2D eigenvalue weighted by Crippen LogP contribution is -2.66. The average molecular weight is 318 g/mol. The molecule has 6 heteroatoms. The van der Waals surface area contributed by atoms with Crippen LogP contribution in [0.25, 0.3) is 0 Å². The predicted octanol–water partition coefficient (Wildman–Crippen LogP) is 1.86. The summed E-state index contributed by atoms with van der Waals surface area (Å²) in [5.41, 5.74) is -0.176. The smallest absolute Gasteiger partial charge is 0.408 e. The molecule has 6 nitrogen and oxygen atoms in total. The van der Waals surface area contributed by atoms with Crippen LogP contribution < -0.4 is 5.32 Å². The van der Waals surface area contributed by atoms with E-state index in [1.807, 2.05) is 51.1 Å². The molecule has 2 aliphatic heterocycles. The predicted molar refractivity (Wildman–Crippen MR) is 83.8 cm³/mol. The first kappa shape index (κ1) is 15.8. The zero-order valence-corrected chi connectivity index (χ0v) is 13.7. The SMILES string of the molecule is CC(C)(C)OC(C(=O)N1CC2(CNC(=O)O2)C1)c1ccccc1. The summed E-state index contributed by atoms with van der Waals surface area (Å²) >= 11 is 0. The molecule has 1 spiro atoms. The number of carbonyl (C=O) groups excluding carboxylic acids is 2. The quantitative estimate of drug-likeness (QED) is 0.924. The van der Waals surface area contributed by atoms with Gasteiger partial charge in [-0.2, -0.15) is 0 Å². The Balaban J connectivity index is 1.73. The van der Waals surface area contributed by atoms with Gasteiger partial charge < -0.3 is 19.7 Å². The number of nitrogens with zero attached hydrogens (tertiary/aromatic N) is 1. The molecule has 2 heterocycles. The van der Waals surface area contributed by atoms with Gasteiger partial charge in [0.25, 0.3) is 5.91 Å². The van der Waals surface area contributed by atoms with Gasteiger partial charge in [0.2, 0.25) is 0 Å². The Labute approximate surface area is 135 Å². The molecule has 1 unspecified atom stereocenters. The summed E-state index contributed by atoms with van der Waals surface area (Å²) in [4.78, 5) is 25.8. The van der Waals surface area contributed by atoms with E-state index in [-0.39, 0.29) is 5.91 Å². The maximum Gasteiger partial charge on any atom is 0.408 e. The van der Waals surface area contributed by atoms with Crippen molar-refractivity contribution in [2.24, 2.45) is 0 Å². The number of carbonyl (C=O) groups is 2. The Morgan fingerprint density at radius 2 is 1.96 bits per heavy atom. The Bertz CT molecular complexity index is 603. The normalized spacial score (nSPS) is 20.7. The highest BCUT2D eigenvalue weighted by molar-refractivity contribution is 5.84. The molecular formula is C17H22N2O4. The van der Waals surface area contributed by atoms with Gasteiger partial charge in [-0.1, -0.05) is 30.3 Å². The lowest BCUT2D eigenvalue weighted by Gasteiger charge is -2.46. The highest BCUT2D eigenvalue weighted by atomic mass is 16.6. The van der Waals surface area contributed by atoms with Crippen molar-refractivity contribution in [1.82, 2.24) is 10.2 Å². The van der Waals surface area contributed by atoms with E-state index in [0.717, 1.165) is 5.56 Å². The van der Waals surface area contributed by atoms with Crippen LogP contribution in [0.15, 0.2) is 30.3 Å². The zero-order valence-electron chi connectivity index (χ0n) is 13.7. The van der Waals surface area contributed by atoms with E-state index < -0.39 is 23.4 Å². The summed E-state index contributed by atoms with van der Waals surface area (Å²) in [7, 11) is 0. The second-order valence-corrected chi connectivity index (χ2v) is 7.14. The standard InChI is InChI=1S/C17H22N2O4/c1-16(2,3)22-13(12-7-5-4-6-8-12)14(20)19-10-17(11-19)9-18-15(21)23-17/h4-8,13H,9-11H2,1-3H3,(H,18,21). The molecule has 2 fully saturated rings. The van der Waals surface area contributed by atoms with Gasteiger partial charge in [-0.05, 0) is 26.3 Å². The van der Waals surface area contributed by atoms with Crippen LogP contribution in [0.3, 0.4) is 0 Å². The summed E-state index contributed by atoms with van der Waals surface area (Å²) in [6.45, 7) is 7.04. The number of hydrogen-bond donors (Lipinski definition) is 1. The zero-order chi connectivity index (χ0) is 16.7. The van der Waals surface area contributed by atoms with E-state index in [2.05, 4.69) is 5.32 Å². The minimum atomic E-state index is -0.654. The number of rotatable bonds is 3. The third-order valence-corrected chi connectivity index (χ3v) is 3.93. The minimum absolute atomic E-state index is 0.0975. The van der Waals surface area contributed by atoms with Crippen LogP contribution in [0.5, 0.6) is 0 Å². The monoisotopic (exact) mass is 318 g/mol. The minimum Gasteiger partial charge on any atom is -0.437 e. The highest BCUT2D eigenvalue weighted by Gasteiger charge is 2.53. The Morgan fingerprint density at radius 3 is 2.48 bits per heavy atom. The Hall–Kier alpha value is -2.08. The summed E-state index contributed by atoms with van der Waals surface area (Å²) in [5, 5.41) is 2.64. The van der Waals surface area contributed by atoms with Crippen molar-refractivity contribution in [1.29, 1.82) is 0 Å². The van der Waals surface area contributed by atoms with Crippen molar-refractivity contribution in [3.63, 3.8) is 0 Å². The van der Waals surface area contributed by atoms with Crippen molar-refractivity contribution in [2.45, 2.75) is 38.1 Å². The summed E-state index contributed by atoms with van der Waals surface area (Å²) < 4.78 is 11.3. The van der Waals surface area contributed by atoms with Crippen LogP contribution in [-0.4, -0.2) is 47.7 Å². The Kier molecular flexibility index (Phi) is 3.80. The molecular weight excluding hydrogens is 296 g/mol. The molecule has 2 amide bonds. The summed E-state index contributed by atoms with van der Waals surface area (Å²) in [5.74, 6) is -0.0975. The fourth-order valence-electron chi connectivity index (χ4n) is 2.89. The third kappa shape index (κ3) is 3.32. The number of amides is 2. The van der Waals surface area contributed by atoms with Crippen LogP contribution >= 0.6 is 0 Å². The van der Waals surface area contributed by atoms with Crippen molar-refractivity contribution in [3.8, 4) is 0 Å². The average Bonchev–Trinajstić information content (AvgIpc) is 2.85. The maximum absolute atomic E-state index is 12.9. The van der Waals surface area contributed by atoms with E-state index in [0.29, 0.717) is 19.6 Å². The molecule has 3 rings (SSSR count). The maximum atomic E-state index is 12.9. The molecule has 0 saturated carbocycles. The molecule has 0 bridgehead atoms. The molecule has 0 radical (unpaired) electrons. The molecule has 1 aromatic carbocycles. The van der Waals surface area contributed by atoms with Crippen LogP contribution in [-0.2, 0) is 14.3 Å². The van der Waals surface area contributed by atoms with Crippen LogP contribution in [0, 0.1) is 0 Å². The lowest BCUT2D eigenvalue weighted by molar-refractivity contribution is -0.170. The van der Waals surface area contributed by atoms with Crippen molar-refractivity contribution in [2.75, 3.05) is 19.6 Å². The molecule has 124 valence electrons. The number of hydrogen-bond acceptors (Lipinski definition) is 4. The van der Waals surface area contributed by atoms with E-state index in [4.69, 9.17) is 9.47 Å². The van der Waals surface area contributed by atoms with Gasteiger partial charge in [-0.25, -0.2) is 4.79 Å². The highest BCUT2D eigenvalue weighted by Crippen LogP contribution is 2.33. The molecule has 1 N–H and O–H groups in total. The number of likely N-dealkylation sites (tertiary alicyclic amines) is 1. The van der Waals surface area contributed by atoms with Gasteiger partial charge in [-0.15, -0.1) is 0 Å². The first-order valence-electron chi connectivity index (χ1n) is 7.76. The van der Waals surface area contributed by atoms with Crippen LogP contribution in [0.1, 0.15) is 32.4 Å². The van der Waals surface area contributed by atoms with Crippen molar-refractivity contribution >= 4 is 12.0 Å². The van der Waals surface area contributed by atoms with Crippen molar-refractivity contribution in [3.05, 3.63) is 35.9 Å². The molecule has 0 aliphatic carbocycles. The summed E-state index contributed by atoms with van der Waals surface area (Å²) in [6, 6.07) is 9.47. The number of alkyl carbamates (subject to hydrolysis) is 1. The van der Waals surface area contributed by atoms with E-state index in [1.54, 1.807) is 4.90 Å². The van der Waals surface area contributed by atoms with Crippen LogP contribution in [0.4, 0.5) is 4.79 Å². The lowest BCUT2D eigenvalue weighted by atomic mass is 9.93. The van der Waals surface area contributed by atoms with Crippen molar-refractivity contribution < 1.29 is 19.1 Å². The first-order chi connectivity index (χ1) is 10.8. The second kappa shape index (κ2) is 5.53. The van der Waals surface area contributed by atoms with Gasteiger partial charge in [0.15, 0.2) is 11.7 Å². The fraction of sp³-hybridized carbons (Fsp3) is 0.529. The molecule has 1 atom stereocenters. The molecule has 23 heavy (non-hydrogen) atoms. The molecule has 2 aliphatic rings. The van der Waals surface area contributed by atoms with Gasteiger partial charge >= 0.3 is 6.09 Å². The molecule has 1 aromatic rings. The van der Waals surface area contributed by atoms with E-state index >= 15 is 0 Å². The van der Waals surface area contributed by atoms with Gasteiger partial charge in [0.05, 0.1) is 25.2 Å². The molecule has 2 saturated heterocycles. The number of nitrogens with one attached hydrogen (secondary N) is 1. The first-order valence-corrected chi connectivity index (χ1v) is 7.76.